The summed E-state index contributed by atoms with van der Waals surface area (Å²) in [5.74, 6) is 0.616. The van der Waals surface area contributed by atoms with Gasteiger partial charge in [-0.2, -0.15) is 0 Å². The fourth-order valence-corrected chi connectivity index (χ4v) is 3.87. The van der Waals surface area contributed by atoms with E-state index in [2.05, 4.69) is 18.2 Å². The van der Waals surface area contributed by atoms with Crippen LogP contribution < -0.4 is 4.74 Å². The average molecular weight is 336 g/mol. The first-order chi connectivity index (χ1) is 12.8. The quantitative estimate of drug-likeness (QED) is 0.493. The van der Waals surface area contributed by atoms with Gasteiger partial charge in [-0.25, -0.2) is 0 Å². The van der Waals surface area contributed by atoms with E-state index in [1.807, 2.05) is 78.9 Å². The minimum atomic E-state index is -1.16. The molecule has 5 rings (SSSR count). The Bertz CT molecular complexity index is 1130. The van der Waals surface area contributed by atoms with Gasteiger partial charge in [0, 0.05) is 11.1 Å². The maximum absolute atomic E-state index is 13.6. The molecule has 124 valence electrons. The summed E-state index contributed by atoms with van der Waals surface area (Å²) in [6, 6.07) is 31.4. The predicted octanol–water partition coefficient (Wildman–Crippen LogP) is 5.36. The number of carbonyl (C=O) groups is 1. The molecule has 1 heterocycles. The van der Waals surface area contributed by atoms with Crippen molar-refractivity contribution in [2.24, 2.45) is 0 Å². The number of para-hydroxylation sites is 1. The topological polar surface area (TPSA) is 26.3 Å². The van der Waals surface area contributed by atoms with Gasteiger partial charge < -0.3 is 4.74 Å². The highest BCUT2D eigenvalue weighted by molar-refractivity contribution is 6.12. The monoisotopic (exact) mass is 336 g/mol. The Balaban J connectivity index is 1.87. The minimum Gasteiger partial charge on any atom is -0.469 e. The summed E-state index contributed by atoms with van der Waals surface area (Å²) in [6.07, 6.45) is 0. The van der Waals surface area contributed by atoms with Crippen LogP contribution in [0.3, 0.4) is 0 Å². The summed E-state index contributed by atoms with van der Waals surface area (Å²) in [6.45, 7) is 0. The summed E-state index contributed by atoms with van der Waals surface area (Å²) in [7, 11) is 0. The first-order valence-electron chi connectivity index (χ1n) is 8.67. The molecule has 4 aromatic rings. The zero-order chi connectivity index (χ0) is 17.6. The molecule has 0 amide bonds. The van der Waals surface area contributed by atoms with Gasteiger partial charge in [-0.1, -0.05) is 84.9 Å². The first kappa shape index (κ1) is 14.9. The molecule has 4 aromatic carbocycles. The molecule has 0 N–H and O–H groups in total. The summed E-state index contributed by atoms with van der Waals surface area (Å²) < 4.78 is 6.44. The van der Waals surface area contributed by atoms with Gasteiger partial charge in [0.1, 0.15) is 5.75 Å². The maximum atomic E-state index is 13.6. The third-order valence-electron chi connectivity index (χ3n) is 5.06. The molecule has 26 heavy (non-hydrogen) atoms. The number of hydrogen-bond acceptors (Lipinski definition) is 2. The molecule has 0 bridgehead atoms. The molecule has 0 fully saturated rings. The molecule has 1 aliphatic rings. The second-order valence-electron chi connectivity index (χ2n) is 6.50. The molecule has 0 radical (unpaired) electrons. The number of Topliss-reactive ketones (excluding diaryl/α,β-unsaturated/α-hetero) is 1. The van der Waals surface area contributed by atoms with Crippen LogP contribution in [0.1, 0.15) is 21.5 Å². The van der Waals surface area contributed by atoms with Crippen molar-refractivity contribution in [3.63, 3.8) is 0 Å². The molecule has 2 heteroatoms. The highest BCUT2D eigenvalue weighted by Crippen LogP contribution is 2.47. The molecular weight excluding hydrogens is 320 g/mol. The van der Waals surface area contributed by atoms with Gasteiger partial charge in [0.2, 0.25) is 11.4 Å². The van der Waals surface area contributed by atoms with E-state index in [-0.39, 0.29) is 5.78 Å². The Morgan fingerprint density at radius 3 is 2.19 bits per heavy atom. The lowest BCUT2D eigenvalue weighted by molar-refractivity contribution is 0.0690. The zero-order valence-electron chi connectivity index (χ0n) is 14.1. The Kier molecular flexibility index (Phi) is 3.19. The second kappa shape index (κ2) is 5.57. The van der Waals surface area contributed by atoms with Gasteiger partial charge in [0.15, 0.2) is 0 Å². The molecule has 1 aliphatic heterocycles. The fourth-order valence-electron chi connectivity index (χ4n) is 3.87. The van der Waals surface area contributed by atoms with Crippen molar-refractivity contribution in [3.05, 3.63) is 114 Å². The summed E-state index contributed by atoms with van der Waals surface area (Å²) in [4.78, 5) is 13.6. The molecule has 1 atom stereocenters. The van der Waals surface area contributed by atoms with Crippen LogP contribution >= 0.6 is 0 Å². The molecule has 0 spiro atoms. The number of rotatable bonds is 2. The molecule has 0 unspecified atom stereocenters. The van der Waals surface area contributed by atoms with Crippen molar-refractivity contribution in [2.75, 3.05) is 0 Å². The molecule has 0 aliphatic carbocycles. The van der Waals surface area contributed by atoms with E-state index in [0.717, 1.165) is 21.9 Å². The van der Waals surface area contributed by atoms with Gasteiger partial charge in [-0.05, 0) is 22.9 Å². The third kappa shape index (κ3) is 1.96. The van der Waals surface area contributed by atoms with Crippen molar-refractivity contribution >= 4 is 16.6 Å². The maximum Gasteiger partial charge on any atom is 0.222 e. The number of ether oxygens (including phenoxy) is 1. The van der Waals surface area contributed by atoms with Crippen LogP contribution in [0.25, 0.3) is 10.8 Å². The largest absolute Gasteiger partial charge is 0.469 e. The molecule has 0 aromatic heterocycles. The third-order valence-corrected chi connectivity index (χ3v) is 5.06. The predicted molar refractivity (Wildman–Crippen MR) is 103 cm³/mol. The number of fused-ring (bicyclic) bond motifs is 2. The number of hydrogen-bond donors (Lipinski definition) is 0. The zero-order valence-corrected chi connectivity index (χ0v) is 14.1. The van der Waals surface area contributed by atoms with E-state index in [9.17, 15) is 4.79 Å². The molecule has 0 saturated carbocycles. The molecular formula is C24H16O2. The summed E-state index contributed by atoms with van der Waals surface area (Å²) >= 11 is 0. The van der Waals surface area contributed by atoms with E-state index in [1.165, 1.54) is 0 Å². The van der Waals surface area contributed by atoms with Crippen LogP contribution in [0.5, 0.6) is 5.75 Å². The number of ketones is 1. The highest BCUT2D eigenvalue weighted by Gasteiger charge is 2.51. The highest BCUT2D eigenvalue weighted by atomic mass is 16.5. The van der Waals surface area contributed by atoms with Crippen LogP contribution in [0.4, 0.5) is 0 Å². The lowest BCUT2D eigenvalue weighted by Gasteiger charge is -2.29. The first-order valence-corrected chi connectivity index (χ1v) is 8.67. The van der Waals surface area contributed by atoms with Crippen LogP contribution in [0.15, 0.2) is 97.1 Å². The molecule has 0 saturated heterocycles. The van der Waals surface area contributed by atoms with Gasteiger partial charge in [0.05, 0.1) is 5.56 Å². The molecule has 2 nitrogen and oxygen atoms in total. The SMILES string of the molecule is O=C1c2ccccc2O[C@@]1(c1ccccc1)c1cccc2ccccc12. The van der Waals surface area contributed by atoms with E-state index in [4.69, 9.17) is 4.74 Å². The Morgan fingerprint density at radius 1 is 0.654 bits per heavy atom. The van der Waals surface area contributed by atoms with Gasteiger partial charge in [0.25, 0.3) is 0 Å². The van der Waals surface area contributed by atoms with E-state index >= 15 is 0 Å². The Morgan fingerprint density at radius 2 is 1.35 bits per heavy atom. The van der Waals surface area contributed by atoms with E-state index < -0.39 is 5.60 Å². The van der Waals surface area contributed by atoms with Gasteiger partial charge in [-0.15, -0.1) is 0 Å². The van der Waals surface area contributed by atoms with Crippen LogP contribution in [0.2, 0.25) is 0 Å². The van der Waals surface area contributed by atoms with Crippen LogP contribution in [-0.4, -0.2) is 5.78 Å². The number of benzene rings is 4. The fraction of sp³-hybridized carbons (Fsp3) is 0.0417. The summed E-state index contributed by atoms with van der Waals surface area (Å²) in [5, 5.41) is 2.12. The standard InChI is InChI=1S/C24H16O2/c25-23-20-14-6-7-16-22(20)26-24(23,18-11-2-1-3-12-18)21-15-8-10-17-9-4-5-13-19(17)21/h1-16H/t24-/m0/s1. The Hall–Kier alpha value is -3.39. The smallest absolute Gasteiger partial charge is 0.222 e. The Labute approximate surface area is 151 Å². The minimum absolute atomic E-state index is 0.0179. The lowest BCUT2D eigenvalue weighted by Crippen LogP contribution is -2.38. The van der Waals surface area contributed by atoms with Crippen molar-refractivity contribution in [1.82, 2.24) is 0 Å². The lowest BCUT2D eigenvalue weighted by atomic mass is 9.79. The van der Waals surface area contributed by atoms with Gasteiger partial charge >= 0.3 is 0 Å². The van der Waals surface area contributed by atoms with Crippen LogP contribution in [-0.2, 0) is 5.60 Å². The van der Waals surface area contributed by atoms with Crippen molar-refractivity contribution < 1.29 is 9.53 Å². The normalized spacial score (nSPS) is 18.5. The van der Waals surface area contributed by atoms with Crippen molar-refractivity contribution in [1.29, 1.82) is 0 Å². The van der Waals surface area contributed by atoms with Crippen molar-refractivity contribution in [3.8, 4) is 5.75 Å². The average Bonchev–Trinajstić information content (AvgIpc) is 3.02. The van der Waals surface area contributed by atoms with Crippen LogP contribution in [0, 0.1) is 0 Å². The van der Waals surface area contributed by atoms with Gasteiger partial charge in [-0.3, -0.25) is 4.79 Å². The van der Waals surface area contributed by atoms with E-state index in [0.29, 0.717) is 11.3 Å². The summed E-state index contributed by atoms with van der Waals surface area (Å²) in [5.41, 5.74) is 1.19. The number of carbonyl (C=O) groups excluding carboxylic acids is 1. The van der Waals surface area contributed by atoms with E-state index in [1.54, 1.807) is 0 Å². The second-order valence-corrected chi connectivity index (χ2v) is 6.50. The van der Waals surface area contributed by atoms with Crippen molar-refractivity contribution in [2.45, 2.75) is 5.60 Å².